The van der Waals surface area contributed by atoms with Crippen LogP contribution >= 0.6 is 0 Å². The van der Waals surface area contributed by atoms with Crippen molar-refractivity contribution >= 4 is 0 Å². The number of aryl methyl sites for hydroxylation is 1. The van der Waals surface area contributed by atoms with Gasteiger partial charge in [0.1, 0.15) is 22.9 Å². The Kier molecular flexibility index (Phi) is 8.38. The van der Waals surface area contributed by atoms with E-state index < -0.39 is 29.0 Å². The highest BCUT2D eigenvalue weighted by Gasteiger charge is 2.24. The van der Waals surface area contributed by atoms with Crippen molar-refractivity contribution in [1.29, 1.82) is 0 Å². The summed E-state index contributed by atoms with van der Waals surface area (Å²) in [6, 6.07) is 21.5. The monoisotopic (exact) mass is 586 g/mol. The Hall–Kier alpha value is -4.86. The van der Waals surface area contributed by atoms with Crippen LogP contribution in [-0.4, -0.2) is 25.3 Å². The van der Waals surface area contributed by atoms with Crippen molar-refractivity contribution < 1.29 is 18.0 Å². The Bertz CT molecular complexity index is 1830. The lowest BCUT2D eigenvalue weighted by Gasteiger charge is -2.21. The fourth-order valence-corrected chi connectivity index (χ4v) is 4.93. The van der Waals surface area contributed by atoms with Crippen LogP contribution in [0.25, 0.3) is 33.6 Å². The van der Waals surface area contributed by atoms with Crippen molar-refractivity contribution in [1.82, 2.24) is 19.7 Å². The molecular formula is C33H32F2N4O4. The summed E-state index contributed by atoms with van der Waals surface area (Å²) in [6.07, 6.45) is -1.92. The van der Waals surface area contributed by atoms with E-state index in [1.807, 2.05) is 76.2 Å². The van der Waals surface area contributed by atoms with E-state index in [9.17, 15) is 18.4 Å². The average Bonchev–Trinajstić information content (AvgIpc) is 3.41. The first-order valence-electron chi connectivity index (χ1n) is 14.0. The molecule has 0 aliphatic carbocycles. The molecule has 1 N–H and O–H groups in total. The SMILES string of the molecule is CCCc1nc(C(F)F)c(-c2ccc(OC(C)(C)C)cc2)c(=O)n1Cc1ccc(-c2ccccc2-c2noc(=O)[nH]2)cc1. The van der Waals surface area contributed by atoms with Crippen molar-refractivity contribution in [2.45, 2.75) is 59.1 Å². The molecule has 2 heterocycles. The van der Waals surface area contributed by atoms with E-state index in [1.165, 1.54) is 4.57 Å². The van der Waals surface area contributed by atoms with E-state index in [2.05, 4.69) is 19.6 Å². The maximum Gasteiger partial charge on any atom is 0.439 e. The van der Waals surface area contributed by atoms with Crippen LogP contribution in [0.4, 0.5) is 8.78 Å². The molecule has 5 aromatic rings. The molecule has 0 aliphatic rings. The van der Waals surface area contributed by atoms with Crippen LogP contribution in [0.1, 0.15) is 57.6 Å². The minimum absolute atomic E-state index is 0.121. The minimum Gasteiger partial charge on any atom is -0.488 e. The minimum atomic E-state index is -2.92. The molecule has 5 rings (SSSR count). The van der Waals surface area contributed by atoms with Crippen LogP contribution in [0.5, 0.6) is 5.75 Å². The number of halogens is 2. The number of nitrogens with zero attached hydrogens (tertiary/aromatic N) is 3. The van der Waals surface area contributed by atoms with Gasteiger partial charge in [-0.25, -0.2) is 18.6 Å². The topological polar surface area (TPSA) is 103 Å². The Morgan fingerprint density at radius 3 is 2.16 bits per heavy atom. The van der Waals surface area contributed by atoms with Crippen molar-refractivity contribution in [3.63, 3.8) is 0 Å². The largest absolute Gasteiger partial charge is 0.488 e. The number of H-pyrrole nitrogens is 1. The molecule has 0 atom stereocenters. The van der Waals surface area contributed by atoms with Crippen molar-refractivity contribution in [2.75, 3.05) is 0 Å². The summed E-state index contributed by atoms with van der Waals surface area (Å²) < 4.78 is 40.6. The normalized spacial score (nSPS) is 11.7. The van der Waals surface area contributed by atoms with Crippen molar-refractivity contribution in [3.8, 4) is 39.4 Å². The van der Waals surface area contributed by atoms with Gasteiger partial charge in [-0.1, -0.05) is 72.7 Å². The quantitative estimate of drug-likeness (QED) is 0.199. The van der Waals surface area contributed by atoms with Gasteiger partial charge in [0.2, 0.25) is 0 Å². The molecular weight excluding hydrogens is 554 g/mol. The van der Waals surface area contributed by atoms with Gasteiger partial charge in [-0.2, -0.15) is 0 Å². The molecule has 43 heavy (non-hydrogen) atoms. The van der Waals surface area contributed by atoms with Gasteiger partial charge in [0.25, 0.3) is 12.0 Å². The van der Waals surface area contributed by atoms with Gasteiger partial charge in [0.05, 0.1) is 12.1 Å². The molecule has 0 radical (unpaired) electrons. The Morgan fingerprint density at radius 1 is 0.930 bits per heavy atom. The van der Waals surface area contributed by atoms with Crippen LogP contribution in [0.15, 0.2) is 86.9 Å². The molecule has 0 aliphatic heterocycles. The van der Waals surface area contributed by atoms with E-state index >= 15 is 0 Å². The fraction of sp³-hybridized carbons (Fsp3) is 0.273. The predicted octanol–water partition coefficient (Wildman–Crippen LogP) is 7.04. The second-order valence-corrected chi connectivity index (χ2v) is 11.2. The standard InChI is InChI=1S/C33H32F2N4O4/c1-5-8-26-36-28(29(34)35)27(22-15-17-23(18-16-22)42-33(2,3)4)31(40)39(26)19-20-11-13-21(14-12-20)24-9-6-7-10-25(24)30-37-32(41)43-38-30/h6-7,9-18,29H,5,8,19H2,1-4H3,(H,37,38,41). The molecule has 2 aromatic heterocycles. The van der Waals surface area contributed by atoms with Gasteiger partial charge in [-0.15, -0.1) is 0 Å². The molecule has 0 amide bonds. The highest BCUT2D eigenvalue weighted by Crippen LogP contribution is 2.31. The van der Waals surface area contributed by atoms with Gasteiger partial charge in [0.15, 0.2) is 5.82 Å². The molecule has 0 saturated carbocycles. The smallest absolute Gasteiger partial charge is 0.439 e. The molecule has 0 unspecified atom stereocenters. The molecule has 0 fully saturated rings. The number of hydrogen-bond donors (Lipinski definition) is 1. The highest BCUT2D eigenvalue weighted by molar-refractivity contribution is 5.80. The van der Waals surface area contributed by atoms with Crippen LogP contribution in [0, 0.1) is 0 Å². The fourth-order valence-electron chi connectivity index (χ4n) is 4.93. The summed E-state index contributed by atoms with van der Waals surface area (Å²) in [7, 11) is 0. The third kappa shape index (κ3) is 6.63. The molecule has 222 valence electrons. The zero-order valence-electron chi connectivity index (χ0n) is 24.4. The van der Waals surface area contributed by atoms with Gasteiger partial charge < -0.3 is 4.74 Å². The van der Waals surface area contributed by atoms with Crippen LogP contribution in [0.3, 0.4) is 0 Å². The lowest BCUT2D eigenvalue weighted by atomic mass is 9.98. The van der Waals surface area contributed by atoms with Gasteiger partial charge in [-0.3, -0.25) is 18.9 Å². The van der Waals surface area contributed by atoms with Gasteiger partial charge in [-0.05, 0) is 61.6 Å². The van der Waals surface area contributed by atoms with E-state index in [0.717, 1.165) is 16.7 Å². The number of aromatic nitrogens is 4. The maximum atomic E-state index is 14.3. The maximum absolute atomic E-state index is 14.3. The van der Waals surface area contributed by atoms with Gasteiger partial charge in [0, 0.05) is 12.0 Å². The second-order valence-electron chi connectivity index (χ2n) is 11.2. The number of benzene rings is 3. The van der Waals surface area contributed by atoms with Crippen LogP contribution in [0.2, 0.25) is 0 Å². The van der Waals surface area contributed by atoms with Gasteiger partial charge >= 0.3 is 5.76 Å². The number of aromatic amines is 1. The molecule has 0 spiro atoms. The summed E-state index contributed by atoms with van der Waals surface area (Å²) in [5.41, 5.74) is 1.92. The average molecular weight is 587 g/mol. The molecule has 8 nitrogen and oxygen atoms in total. The Labute approximate surface area is 247 Å². The number of hydrogen-bond acceptors (Lipinski definition) is 6. The Balaban J connectivity index is 1.52. The summed E-state index contributed by atoms with van der Waals surface area (Å²) in [6.45, 7) is 7.80. The van der Waals surface area contributed by atoms with Crippen LogP contribution in [-0.2, 0) is 13.0 Å². The highest BCUT2D eigenvalue weighted by atomic mass is 19.3. The van der Waals surface area contributed by atoms with Crippen LogP contribution < -0.4 is 16.1 Å². The predicted molar refractivity (Wildman–Crippen MR) is 160 cm³/mol. The number of nitrogens with one attached hydrogen (secondary N) is 1. The third-order valence-corrected chi connectivity index (χ3v) is 6.75. The molecule has 3 aromatic carbocycles. The summed E-state index contributed by atoms with van der Waals surface area (Å²) in [5, 5.41) is 3.81. The summed E-state index contributed by atoms with van der Waals surface area (Å²) in [4.78, 5) is 32.3. The summed E-state index contributed by atoms with van der Waals surface area (Å²) in [5.74, 6) is 0.551. The lowest BCUT2D eigenvalue weighted by Crippen LogP contribution is -2.29. The first kappa shape index (κ1) is 29.6. The third-order valence-electron chi connectivity index (χ3n) is 6.75. The lowest BCUT2D eigenvalue weighted by molar-refractivity contribution is 0.131. The molecule has 10 heteroatoms. The van der Waals surface area contributed by atoms with E-state index in [0.29, 0.717) is 41.4 Å². The van der Waals surface area contributed by atoms with E-state index in [4.69, 9.17) is 4.74 Å². The van der Waals surface area contributed by atoms with Crippen molar-refractivity contribution in [2.24, 2.45) is 0 Å². The first-order valence-corrected chi connectivity index (χ1v) is 14.0. The number of ether oxygens (including phenoxy) is 1. The van der Waals surface area contributed by atoms with E-state index in [1.54, 1.807) is 24.3 Å². The number of rotatable bonds is 9. The zero-order chi connectivity index (χ0) is 30.7. The molecule has 0 saturated heterocycles. The number of alkyl halides is 2. The van der Waals surface area contributed by atoms with E-state index in [-0.39, 0.29) is 12.1 Å². The second kappa shape index (κ2) is 12.2. The zero-order valence-corrected chi connectivity index (χ0v) is 24.4. The Morgan fingerprint density at radius 2 is 1.58 bits per heavy atom. The van der Waals surface area contributed by atoms with Crippen molar-refractivity contribution in [3.05, 3.63) is 111 Å². The first-order chi connectivity index (χ1) is 20.5. The summed E-state index contributed by atoms with van der Waals surface area (Å²) >= 11 is 0. The molecule has 0 bridgehead atoms.